The van der Waals surface area contributed by atoms with Gasteiger partial charge in [-0.05, 0) is 45.2 Å². The van der Waals surface area contributed by atoms with Crippen molar-refractivity contribution in [3.05, 3.63) is 0 Å². The first-order valence-corrected chi connectivity index (χ1v) is 7.31. The second-order valence-corrected chi connectivity index (χ2v) is 5.45. The Labute approximate surface area is 106 Å². The Bertz CT molecular complexity index is 198. The van der Waals surface area contributed by atoms with Crippen molar-refractivity contribution in [2.45, 2.75) is 70.4 Å². The summed E-state index contributed by atoms with van der Waals surface area (Å²) < 4.78 is 0. The number of aliphatic hydroxyl groups is 1. The third-order valence-corrected chi connectivity index (χ3v) is 4.37. The molecule has 0 spiro atoms. The van der Waals surface area contributed by atoms with Gasteiger partial charge >= 0.3 is 0 Å². The molecule has 17 heavy (non-hydrogen) atoms. The van der Waals surface area contributed by atoms with E-state index in [0.29, 0.717) is 6.54 Å². The Kier molecular flexibility index (Phi) is 6.45. The average molecular weight is 242 g/mol. The molecule has 1 saturated carbocycles. The van der Waals surface area contributed by atoms with Gasteiger partial charge in [0.1, 0.15) is 0 Å². The van der Waals surface area contributed by atoms with Crippen LogP contribution in [0.4, 0.5) is 0 Å². The highest BCUT2D eigenvalue weighted by molar-refractivity contribution is 4.80. The van der Waals surface area contributed by atoms with Crippen LogP contribution in [0.5, 0.6) is 0 Å². The van der Waals surface area contributed by atoms with Crippen molar-refractivity contribution in [2.24, 2.45) is 5.73 Å². The smallest absolute Gasteiger partial charge is 0.0767 e. The van der Waals surface area contributed by atoms with Gasteiger partial charge in [0, 0.05) is 12.6 Å². The van der Waals surface area contributed by atoms with Gasteiger partial charge in [-0.1, -0.05) is 26.7 Å². The number of rotatable bonds is 8. The molecule has 1 rings (SSSR count). The number of hydrogen-bond acceptors (Lipinski definition) is 3. The van der Waals surface area contributed by atoms with Gasteiger partial charge in [-0.15, -0.1) is 0 Å². The second-order valence-electron chi connectivity index (χ2n) is 5.45. The summed E-state index contributed by atoms with van der Waals surface area (Å²) in [6, 6.07) is 0.799. The van der Waals surface area contributed by atoms with Crippen molar-refractivity contribution in [3.8, 4) is 0 Å². The molecular weight excluding hydrogens is 212 g/mol. The minimum absolute atomic E-state index is 0.388. The lowest BCUT2D eigenvalue weighted by atomic mass is 9.94. The average Bonchev–Trinajstić information content (AvgIpc) is 2.88. The molecule has 1 aliphatic rings. The molecule has 0 bridgehead atoms. The van der Waals surface area contributed by atoms with Crippen LogP contribution in [0.1, 0.15) is 58.8 Å². The van der Waals surface area contributed by atoms with Crippen molar-refractivity contribution >= 4 is 0 Å². The minimum atomic E-state index is -0.630. The van der Waals surface area contributed by atoms with Crippen LogP contribution in [0.2, 0.25) is 0 Å². The molecule has 1 atom stereocenters. The summed E-state index contributed by atoms with van der Waals surface area (Å²) in [6.45, 7) is 6.90. The van der Waals surface area contributed by atoms with Crippen LogP contribution in [0.25, 0.3) is 0 Å². The van der Waals surface area contributed by atoms with Gasteiger partial charge < -0.3 is 15.7 Å². The van der Waals surface area contributed by atoms with Gasteiger partial charge in [-0.2, -0.15) is 0 Å². The first-order chi connectivity index (χ1) is 8.15. The summed E-state index contributed by atoms with van der Waals surface area (Å²) in [4.78, 5) is 2.58. The van der Waals surface area contributed by atoms with Gasteiger partial charge in [-0.3, -0.25) is 0 Å². The molecule has 0 amide bonds. The van der Waals surface area contributed by atoms with E-state index in [4.69, 9.17) is 5.73 Å². The third kappa shape index (κ3) is 4.57. The van der Waals surface area contributed by atoms with Crippen LogP contribution in [-0.4, -0.2) is 41.3 Å². The Morgan fingerprint density at radius 3 is 2.41 bits per heavy atom. The fourth-order valence-corrected chi connectivity index (χ4v) is 2.90. The van der Waals surface area contributed by atoms with Crippen molar-refractivity contribution < 1.29 is 5.11 Å². The van der Waals surface area contributed by atoms with E-state index in [1.807, 2.05) is 6.92 Å². The Hall–Kier alpha value is -0.120. The lowest BCUT2D eigenvalue weighted by Gasteiger charge is -2.30. The normalized spacial score (nSPS) is 21.0. The Balaban J connectivity index is 2.27. The molecule has 0 aromatic heterocycles. The van der Waals surface area contributed by atoms with Crippen LogP contribution in [0.3, 0.4) is 0 Å². The molecule has 0 aromatic carbocycles. The lowest BCUT2D eigenvalue weighted by molar-refractivity contribution is 0.0304. The summed E-state index contributed by atoms with van der Waals surface area (Å²) in [5, 5.41) is 10.1. The molecule has 0 saturated heterocycles. The molecule has 1 aliphatic carbocycles. The maximum Gasteiger partial charge on any atom is 0.0767 e. The highest BCUT2D eigenvalue weighted by Crippen LogP contribution is 2.24. The largest absolute Gasteiger partial charge is 0.389 e. The molecule has 3 nitrogen and oxygen atoms in total. The number of nitrogens with zero attached hydrogens (tertiary/aromatic N) is 1. The first-order valence-electron chi connectivity index (χ1n) is 7.31. The zero-order valence-electron chi connectivity index (χ0n) is 11.6. The highest BCUT2D eigenvalue weighted by atomic mass is 16.3. The van der Waals surface area contributed by atoms with Crippen LogP contribution < -0.4 is 5.73 Å². The van der Waals surface area contributed by atoms with E-state index in [9.17, 15) is 5.11 Å². The quantitative estimate of drug-likeness (QED) is 0.685. The molecule has 0 aliphatic heterocycles. The molecule has 1 fully saturated rings. The van der Waals surface area contributed by atoms with Gasteiger partial charge in [-0.25, -0.2) is 0 Å². The van der Waals surface area contributed by atoms with Crippen LogP contribution >= 0.6 is 0 Å². The molecule has 3 N–H and O–H groups in total. The van der Waals surface area contributed by atoms with Gasteiger partial charge in [0.25, 0.3) is 0 Å². The second kappa shape index (κ2) is 7.34. The SMILES string of the molecule is CCN(CCCC(O)(CC)CN)C1CCCC1. The van der Waals surface area contributed by atoms with Crippen molar-refractivity contribution in [2.75, 3.05) is 19.6 Å². The third-order valence-electron chi connectivity index (χ3n) is 4.37. The number of nitrogens with two attached hydrogens (primary N) is 1. The van der Waals surface area contributed by atoms with E-state index in [1.165, 1.54) is 25.7 Å². The van der Waals surface area contributed by atoms with Crippen LogP contribution in [0.15, 0.2) is 0 Å². The fraction of sp³-hybridized carbons (Fsp3) is 1.00. The standard InChI is InChI=1S/C14H30N2O/c1-3-14(17,12-15)10-7-11-16(4-2)13-8-5-6-9-13/h13,17H,3-12,15H2,1-2H3. The van der Waals surface area contributed by atoms with E-state index >= 15 is 0 Å². The van der Waals surface area contributed by atoms with E-state index in [1.54, 1.807) is 0 Å². The zero-order valence-corrected chi connectivity index (χ0v) is 11.6. The summed E-state index contributed by atoms with van der Waals surface area (Å²) in [5.74, 6) is 0. The maximum atomic E-state index is 10.1. The summed E-state index contributed by atoms with van der Waals surface area (Å²) in [5.41, 5.74) is 5.00. The maximum absolute atomic E-state index is 10.1. The van der Waals surface area contributed by atoms with Crippen LogP contribution in [-0.2, 0) is 0 Å². The molecule has 0 radical (unpaired) electrons. The van der Waals surface area contributed by atoms with Crippen molar-refractivity contribution in [1.29, 1.82) is 0 Å². The number of hydrogen-bond donors (Lipinski definition) is 2. The predicted octanol–water partition coefficient (Wildman–Crippen LogP) is 2.13. The minimum Gasteiger partial charge on any atom is -0.389 e. The van der Waals surface area contributed by atoms with Crippen molar-refractivity contribution in [1.82, 2.24) is 4.90 Å². The van der Waals surface area contributed by atoms with E-state index < -0.39 is 5.60 Å². The fourth-order valence-electron chi connectivity index (χ4n) is 2.90. The van der Waals surface area contributed by atoms with E-state index in [0.717, 1.165) is 38.4 Å². The summed E-state index contributed by atoms with van der Waals surface area (Å²) in [7, 11) is 0. The van der Waals surface area contributed by atoms with Gasteiger partial charge in [0.2, 0.25) is 0 Å². The molecule has 0 aromatic rings. The summed E-state index contributed by atoms with van der Waals surface area (Å²) >= 11 is 0. The Morgan fingerprint density at radius 2 is 1.94 bits per heavy atom. The molecular formula is C14H30N2O. The molecule has 1 unspecified atom stereocenters. The van der Waals surface area contributed by atoms with Crippen LogP contribution in [0, 0.1) is 0 Å². The lowest BCUT2D eigenvalue weighted by Crippen LogP contribution is -2.39. The van der Waals surface area contributed by atoms with Gasteiger partial charge in [0.15, 0.2) is 0 Å². The molecule has 0 heterocycles. The monoisotopic (exact) mass is 242 g/mol. The van der Waals surface area contributed by atoms with Crippen molar-refractivity contribution in [3.63, 3.8) is 0 Å². The zero-order chi connectivity index (χ0) is 12.7. The topological polar surface area (TPSA) is 49.5 Å². The Morgan fingerprint density at radius 1 is 1.29 bits per heavy atom. The molecule has 3 heteroatoms. The highest BCUT2D eigenvalue weighted by Gasteiger charge is 2.24. The predicted molar refractivity (Wildman–Crippen MR) is 73.0 cm³/mol. The van der Waals surface area contributed by atoms with E-state index in [-0.39, 0.29) is 0 Å². The van der Waals surface area contributed by atoms with Gasteiger partial charge in [0.05, 0.1) is 5.60 Å². The van der Waals surface area contributed by atoms with E-state index in [2.05, 4.69) is 11.8 Å². The summed E-state index contributed by atoms with van der Waals surface area (Å²) in [6.07, 6.45) is 8.17. The first kappa shape index (κ1) is 14.9. The molecule has 102 valence electrons.